The van der Waals surface area contributed by atoms with Crippen LogP contribution in [0, 0.1) is 11.7 Å². The lowest BCUT2D eigenvalue weighted by molar-refractivity contribution is -0.128. The predicted molar refractivity (Wildman–Crippen MR) is 72.9 cm³/mol. The number of hydrogen-bond acceptors (Lipinski definition) is 3. The highest BCUT2D eigenvalue weighted by atomic mass is 32.2. The van der Waals surface area contributed by atoms with Crippen molar-refractivity contribution < 1.29 is 14.0 Å². The van der Waals surface area contributed by atoms with E-state index in [0.29, 0.717) is 11.3 Å². The lowest BCUT2D eigenvalue weighted by Crippen LogP contribution is -2.42. The highest BCUT2D eigenvalue weighted by Crippen LogP contribution is 2.20. The minimum absolute atomic E-state index is 0.0445. The van der Waals surface area contributed by atoms with Crippen LogP contribution in [0.3, 0.4) is 0 Å². The number of thioether (sulfide) groups is 1. The molecule has 0 aliphatic heterocycles. The molecule has 2 N–H and O–H groups in total. The normalized spacial score (nSPS) is 10.3. The van der Waals surface area contributed by atoms with Crippen molar-refractivity contribution in [1.29, 1.82) is 0 Å². The van der Waals surface area contributed by atoms with Crippen LogP contribution in [0.4, 0.5) is 4.39 Å². The Balaban J connectivity index is 2.29. The molecule has 0 fully saturated rings. The summed E-state index contributed by atoms with van der Waals surface area (Å²) in [4.78, 5) is 23.2. The molecule has 4 nitrogen and oxygen atoms in total. The zero-order valence-corrected chi connectivity index (χ0v) is 11.7. The van der Waals surface area contributed by atoms with Crippen molar-refractivity contribution in [2.45, 2.75) is 25.2 Å². The summed E-state index contributed by atoms with van der Waals surface area (Å²) in [7, 11) is 0. The molecule has 0 aromatic heterocycles. The molecule has 6 heteroatoms. The molecule has 0 spiro atoms. The second-order valence-electron chi connectivity index (χ2n) is 4.41. The van der Waals surface area contributed by atoms with Gasteiger partial charge in [-0.1, -0.05) is 26.0 Å². The van der Waals surface area contributed by atoms with Gasteiger partial charge in [0.25, 0.3) is 0 Å². The first-order valence-corrected chi connectivity index (χ1v) is 6.92. The predicted octanol–water partition coefficient (Wildman–Crippen LogP) is 2.11. The van der Waals surface area contributed by atoms with Gasteiger partial charge in [0.15, 0.2) is 0 Å². The Morgan fingerprint density at radius 1 is 1.21 bits per heavy atom. The van der Waals surface area contributed by atoms with E-state index in [0.717, 1.165) is 11.8 Å². The Morgan fingerprint density at radius 2 is 1.84 bits per heavy atom. The molecule has 0 bridgehead atoms. The molecule has 0 unspecified atom stereocenters. The van der Waals surface area contributed by atoms with E-state index in [2.05, 4.69) is 10.9 Å². The van der Waals surface area contributed by atoms with Crippen LogP contribution in [0.25, 0.3) is 0 Å². The Kier molecular flexibility index (Phi) is 6.35. The van der Waals surface area contributed by atoms with Crippen LogP contribution in [0.1, 0.15) is 20.3 Å². The van der Waals surface area contributed by atoms with Gasteiger partial charge in [-0.2, -0.15) is 0 Å². The fourth-order valence-electron chi connectivity index (χ4n) is 1.30. The Labute approximate surface area is 116 Å². The van der Waals surface area contributed by atoms with E-state index in [1.165, 1.54) is 6.07 Å². The summed E-state index contributed by atoms with van der Waals surface area (Å²) in [6.07, 6.45) is 0.348. The van der Waals surface area contributed by atoms with Crippen LogP contribution in [-0.4, -0.2) is 17.6 Å². The summed E-state index contributed by atoms with van der Waals surface area (Å²) in [5, 5.41) is 0. The molecule has 1 rings (SSSR count). The number of halogens is 1. The van der Waals surface area contributed by atoms with Crippen LogP contribution in [0.15, 0.2) is 29.2 Å². The molecule has 0 aliphatic rings. The highest BCUT2D eigenvalue weighted by Gasteiger charge is 2.08. The second kappa shape index (κ2) is 7.78. The van der Waals surface area contributed by atoms with Gasteiger partial charge < -0.3 is 0 Å². The van der Waals surface area contributed by atoms with Gasteiger partial charge in [0.05, 0.1) is 5.75 Å². The van der Waals surface area contributed by atoms with Crippen molar-refractivity contribution in [3.63, 3.8) is 0 Å². The number of hydrogen-bond donors (Lipinski definition) is 2. The Morgan fingerprint density at radius 3 is 2.47 bits per heavy atom. The largest absolute Gasteiger partial charge is 0.273 e. The Bertz CT molecular complexity index is 452. The van der Waals surface area contributed by atoms with Crippen molar-refractivity contribution >= 4 is 23.6 Å². The molecule has 1 aromatic carbocycles. The quantitative estimate of drug-likeness (QED) is 0.643. The number of benzene rings is 1. The summed E-state index contributed by atoms with van der Waals surface area (Å²) in [5.41, 5.74) is 4.61. The van der Waals surface area contributed by atoms with E-state index < -0.39 is 0 Å². The first-order chi connectivity index (χ1) is 8.99. The van der Waals surface area contributed by atoms with Crippen molar-refractivity contribution in [2.24, 2.45) is 5.92 Å². The number of carbonyl (C=O) groups excluding carboxylic acids is 2. The molecule has 1 aromatic rings. The van der Waals surface area contributed by atoms with E-state index in [9.17, 15) is 14.0 Å². The van der Waals surface area contributed by atoms with Crippen molar-refractivity contribution in [3.8, 4) is 0 Å². The third kappa shape index (κ3) is 6.24. The van der Waals surface area contributed by atoms with Gasteiger partial charge in [-0.15, -0.1) is 11.8 Å². The smallest absolute Gasteiger partial charge is 0.248 e. The number of hydrazine groups is 1. The third-order valence-electron chi connectivity index (χ3n) is 2.13. The minimum Gasteiger partial charge on any atom is -0.273 e. The van der Waals surface area contributed by atoms with Crippen molar-refractivity contribution in [2.75, 3.05) is 5.75 Å². The molecule has 0 heterocycles. The van der Waals surface area contributed by atoms with Gasteiger partial charge in [-0.05, 0) is 18.1 Å². The van der Waals surface area contributed by atoms with E-state index in [4.69, 9.17) is 0 Å². The fraction of sp³-hybridized carbons (Fsp3) is 0.385. The van der Waals surface area contributed by atoms with Gasteiger partial charge >= 0.3 is 0 Å². The fourth-order valence-corrected chi connectivity index (χ4v) is 2.04. The Hall–Kier alpha value is -1.56. The average Bonchev–Trinajstić information content (AvgIpc) is 2.34. The lowest BCUT2D eigenvalue weighted by Gasteiger charge is -2.08. The van der Waals surface area contributed by atoms with Gasteiger partial charge in [-0.25, -0.2) is 4.39 Å². The van der Waals surface area contributed by atoms with E-state index in [1.54, 1.807) is 18.2 Å². The second-order valence-corrected chi connectivity index (χ2v) is 5.43. The molecule has 104 valence electrons. The average molecular weight is 284 g/mol. The molecule has 19 heavy (non-hydrogen) atoms. The lowest BCUT2D eigenvalue weighted by atomic mass is 10.1. The van der Waals surface area contributed by atoms with E-state index in [-0.39, 0.29) is 29.3 Å². The summed E-state index contributed by atoms with van der Waals surface area (Å²) >= 11 is 1.08. The van der Waals surface area contributed by atoms with Crippen LogP contribution < -0.4 is 10.9 Å². The zero-order chi connectivity index (χ0) is 14.3. The van der Waals surface area contributed by atoms with Crippen LogP contribution in [0.5, 0.6) is 0 Å². The number of carbonyl (C=O) groups is 2. The molecule has 0 saturated carbocycles. The summed E-state index contributed by atoms with van der Waals surface area (Å²) in [6, 6.07) is 6.23. The highest BCUT2D eigenvalue weighted by molar-refractivity contribution is 8.00. The number of nitrogens with one attached hydrogen (secondary N) is 2. The monoisotopic (exact) mass is 284 g/mol. The number of rotatable bonds is 5. The van der Waals surface area contributed by atoms with Gasteiger partial charge in [-0.3, -0.25) is 20.4 Å². The van der Waals surface area contributed by atoms with Gasteiger partial charge in [0.1, 0.15) is 5.82 Å². The topological polar surface area (TPSA) is 58.2 Å². The maximum Gasteiger partial charge on any atom is 0.248 e. The molecule has 0 aliphatic carbocycles. The van der Waals surface area contributed by atoms with Crippen molar-refractivity contribution in [3.05, 3.63) is 30.1 Å². The molecular formula is C13H17FN2O2S. The van der Waals surface area contributed by atoms with Gasteiger partial charge in [0, 0.05) is 11.3 Å². The van der Waals surface area contributed by atoms with E-state index in [1.807, 2.05) is 13.8 Å². The summed E-state index contributed by atoms with van der Waals surface area (Å²) in [5.74, 6) is -0.693. The first kappa shape index (κ1) is 15.5. The van der Waals surface area contributed by atoms with E-state index >= 15 is 0 Å². The SMILES string of the molecule is CC(C)CC(=O)NNC(=O)CSc1ccccc1F. The zero-order valence-electron chi connectivity index (χ0n) is 10.9. The molecule has 0 atom stereocenters. The third-order valence-corrected chi connectivity index (χ3v) is 3.18. The molecule has 2 amide bonds. The van der Waals surface area contributed by atoms with Crippen LogP contribution >= 0.6 is 11.8 Å². The molecular weight excluding hydrogens is 267 g/mol. The van der Waals surface area contributed by atoms with Gasteiger partial charge in [0.2, 0.25) is 11.8 Å². The van der Waals surface area contributed by atoms with Crippen LogP contribution in [0.2, 0.25) is 0 Å². The number of amides is 2. The maximum absolute atomic E-state index is 13.3. The maximum atomic E-state index is 13.3. The molecule has 0 radical (unpaired) electrons. The summed E-state index contributed by atoms with van der Waals surface area (Å²) in [6.45, 7) is 3.82. The van der Waals surface area contributed by atoms with Crippen LogP contribution in [-0.2, 0) is 9.59 Å². The summed E-state index contributed by atoms with van der Waals surface area (Å²) < 4.78 is 13.3. The standard InChI is InChI=1S/C13H17FN2O2S/c1-9(2)7-12(17)15-16-13(18)8-19-11-6-4-3-5-10(11)14/h3-6,9H,7-8H2,1-2H3,(H,15,17)(H,16,18). The first-order valence-electron chi connectivity index (χ1n) is 5.94. The van der Waals surface area contributed by atoms with Crippen molar-refractivity contribution in [1.82, 2.24) is 10.9 Å². The minimum atomic E-state index is -0.370. The molecule has 0 saturated heterocycles.